The Labute approximate surface area is 189 Å². The number of nitrogens with two attached hydrogens (primary N) is 1. The molecule has 2 heterocycles. The third-order valence-electron chi connectivity index (χ3n) is 4.93. The molecule has 0 aliphatic carbocycles. The first-order valence-corrected chi connectivity index (χ1v) is 10.7. The molecule has 0 radical (unpaired) electrons. The lowest BCUT2D eigenvalue weighted by molar-refractivity contribution is 0.0955. The molecule has 4 rings (SSSR count). The maximum absolute atomic E-state index is 11.9. The van der Waals surface area contributed by atoms with E-state index in [-0.39, 0.29) is 12.6 Å². The lowest BCUT2D eigenvalue weighted by Crippen LogP contribution is -2.36. The van der Waals surface area contributed by atoms with E-state index in [9.17, 15) is 4.79 Å². The highest BCUT2D eigenvalue weighted by atomic mass is 79.9. The van der Waals surface area contributed by atoms with Crippen molar-refractivity contribution < 1.29 is 9.53 Å². The number of hydrogen-bond donors (Lipinski definition) is 3. The van der Waals surface area contributed by atoms with Gasteiger partial charge in [0.05, 0.1) is 30.0 Å². The summed E-state index contributed by atoms with van der Waals surface area (Å²) in [6.07, 6.45) is 1.71. The number of benzene rings is 2. The normalized spacial score (nSPS) is 13.7. The number of aromatic nitrogens is 2. The van der Waals surface area contributed by atoms with E-state index < -0.39 is 0 Å². The van der Waals surface area contributed by atoms with Gasteiger partial charge < -0.3 is 26.0 Å². The van der Waals surface area contributed by atoms with Gasteiger partial charge in [0.15, 0.2) is 0 Å². The molecule has 1 aliphatic rings. The first-order chi connectivity index (χ1) is 15.1. The smallest absolute Gasteiger partial charge is 0.252 e. The summed E-state index contributed by atoms with van der Waals surface area (Å²) in [5.74, 6) is 0.279. The minimum atomic E-state index is -0.210. The molecule has 31 heavy (non-hydrogen) atoms. The number of hydrogen-bond acceptors (Lipinski definition) is 7. The van der Waals surface area contributed by atoms with Crippen LogP contribution in [0.5, 0.6) is 0 Å². The number of rotatable bonds is 6. The van der Waals surface area contributed by atoms with Crippen LogP contribution in [0.1, 0.15) is 10.4 Å². The average Bonchev–Trinajstić information content (AvgIpc) is 2.82. The minimum Gasteiger partial charge on any atom is -0.378 e. The molecular formula is C22H23BrN6O2. The van der Waals surface area contributed by atoms with Gasteiger partial charge in [-0.05, 0) is 52.3 Å². The lowest BCUT2D eigenvalue weighted by atomic mass is 10.1. The van der Waals surface area contributed by atoms with Crippen LogP contribution in [0.4, 0.5) is 17.3 Å². The standard InChI is InChI=1S/C22H23BrN6O2/c23-19-13-25-22(27-17-5-7-18(8-6-17)29-9-11-31-12-10-29)28-20(19)15-1-3-16(4-2-15)21(30)26-14-24/h1-8,13H,9-12,14,24H2,(H,26,30)(H,25,27,28). The number of nitrogens with zero attached hydrogens (tertiary/aromatic N) is 3. The van der Waals surface area contributed by atoms with Crippen LogP contribution in [0.3, 0.4) is 0 Å². The minimum absolute atomic E-state index is 0.0977. The number of halogens is 1. The largest absolute Gasteiger partial charge is 0.378 e. The molecule has 9 heteroatoms. The monoisotopic (exact) mass is 482 g/mol. The van der Waals surface area contributed by atoms with Gasteiger partial charge in [0.1, 0.15) is 0 Å². The Hall–Kier alpha value is -3.01. The number of carbonyl (C=O) groups excluding carboxylic acids is 1. The Balaban J connectivity index is 1.49. The van der Waals surface area contributed by atoms with E-state index in [0.717, 1.165) is 47.7 Å². The van der Waals surface area contributed by atoms with Gasteiger partial charge in [-0.15, -0.1) is 0 Å². The topological polar surface area (TPSA) is 105 Å². The summed E-state index contributed by atoms with van der Waals surface area (Å²) in [6.45, 7) is 3.42. The van der Waals surface area contributed by atoms with E-state index in [1.54, 1.807) is 18.3 Å². The molecule has 3 aromatic rings. The zero-order valence-electron chi connectivity index (χ0n) is 16.8. The lowest BCUT2D eigenvalue weighted by Gasteiger charge is -2.28. The highest BCUT2D eigenvalue weighted by Gasteiger charge is 2.12. The van der Waals surface area contributed by atoms with Crippen molar-refractivity contribution in [2.24, 2.45) is 5.73 Å². The molecule has 0 atom stereocenters. The van der Waals surface area contributed by atoms with Gasteiger partial charge in [0.2, 0.25) is 5.95 Å². The fourth-order valence-corrected chi connectivity index (χ4v) is 3.73. The average molecular weight is 483 g/mol. The van der Waals surface area contributed by atoms with E-state index in [0.29, 0.717) is 11.5 Å². The molecule has 1 amide bonds. The van der Waals surface area contributed by atoms with Crippen molar-refractivity contribution >= 4 is 39.2 Å². The SMILES string of the molecule is NCNC(=O)c1ccc(-c2nc(Nc3ccc(N4CCOCC4)cc3)ncc2Br)cc1. The fourth-order valence-electron chi connectivity index (χ4n) is 3.31. The van der Waals surface area contributed by atoms with Crippen LogP contribution >= 0.6 is 15.9 Å². The summed E-state index contributed by atoms with van der Waals surface area (Å²) in [4.78, 5) is 23.2. The maximum Gasteiger partial charge on any atom is 0.252 e. The van der Waals surface area contributed by atoms with Crippen LogP contribution < -0.4 is 21.3 Å². The van der Waals surface area contributed by atoms with Crippen molar-refractivity contribution in [1.29, 1.82) is 0 Å². The molecule has 0 spiro atoms. The number of morpholine rings is 1. The van der Waals surface area contributed by atoms with Crippen molar-refractivity contribution in [3.63, 3.8) is 0 Å². The zero-order valence-corrected chi connectivity index (χ0v) is 18.4. The zero-order chi connectivity index (χ0) is 21.6. The molecule has 0 saturated carbocycles. The predicted octanol–water partition coefficient (Wildman–Crippen LogP) is 3.13. The quantitative estimate of drug-likeness (QED) is 0.463. The first kappa shape index (κ1) is 21.2. The van der Waals surface area contributed by atoms with Crippen LogP contribution in [0.2, 0.25) is 0 Å². The van der Waals surface area contributed by atoms with Crippen LogP contribution in [0.15, 0.2) is 59.2 Å². The molecule has 2 aromatic carbocycles. The van der Waals surface area contributed by atoms with Crippen molar-refractivity contribution in [3.8, 4) is 11.3 Å². The molecule has 1 aromatic heterocycles. The molecule has 1 saturated heterocycles. The predicted molar refractivity (Wildman–Crippen MR) is 124 cm³/mol. The van der Waals surface area contributed by atoms with E-state index in [4.69, 9.17) is 10.5 Å². The molecule has 1 fully saturated rings. The van der Waals surface area contributed by atoms with Crippen molar-refractivity contribution in [2.45, 2.75) is 0 Å². The number of nitrogens with one attached hydrogen (secondary N) is 2. The van der Waals surface area contributed by atoms with E-state index in [2.05, 4.69) is 53.6 Å². The van der Waals surface area contributed by atoms with Crippen molar-refractivity contribution in [1.82, 2.24) is 15.3 Å². The van der Waals surface area contributed by atoms with E-state index >= 15 is 0 Å². The number of anilines is 3. The molecule has 0 bridgehead atoms. The highest BCUT2D eigenvalue weighted by Crippen LogP contribution is 2.28. The molecule has 4 N–H and O–H groups in total. The van der Waals surface area contributed by atoms with Gasteiger partial charge in [0, 0.05) is 41.8 Å². The third kappa shape index (κ3) is 5.19. The van der Waals surface area contributed by atoms with Gasteiger partial charge in [-0.2, -0.15) is 0 Å². The summed E-state index contributed by atoms with van der Waals surface area (Å²) in [6, 6.07) is 15.4. The van der Waals surface area contributed by atoms with E-state index in [1.807, 2.05) is 24.3 Å². The summed E-state index contributed by atoms with van der Waals surface area (Å²) < 4.78 is 6.17. The fraction of sp³-hybridized carbons (Fsp3) is 0.227. The number of carbonyl (C=O) groups is 1. The van der Waals surface area contributed by atoms with Crippen molar-refractivity contribution in [3.05, 3.63) is 64.8 Å². The van der Waals surface area contributed by atoms with Gasteiger partial charge in [0.25, 0.3) is 5.91 Å². The Bertz CT molecular complexity index is 1040. The molecule has 160 valence electrons. The van der Waals surface area contributed by atoms with Gasteiger partial charge in [-0.1, -0.05) is 12.1 Å². The summed E-state index contributed by atoms with van der Waals surface area (Å²) in [7, 11) is 0. The summed E-state index contributed by atoms with van der Waals surface area (Å²) >= 11 is 3.51. The number of ether oxygens (including phenoxy) is 1. The second kappa shape index (κ2) is 9.86. The summed E-state index contributed by atoms with van der Waals surface area (Å²) in [5, 5.41) is 5.83. The molecule has 8 nitrogen and oxygen atoms in total. The van der Waals surface area contributed by atoms with Crippen LogP contribution in [0.25, 0.3) is 11.3 Å². The molecular weight excluding hydrogens is 460 g/mol. The molecule has 0 unspecified atom stereocenters. The van der Waals surface area contributed by atoms with Crippen LogP contribution in [-0.2, 0) is 4.74 Å². The molecule has 1 aliphatic heterocycles. The number of amides is 1. The third-order valence-corrected chi connectivity index (χ3v) is 5.51. The second-order valence-electron chi connectivity index (χ2n) is 6.95. The summed E-state index contributed by atoms with van der Waals surface area (Å²) in [5.41, 5.74) is 9.57. The first-order valence-electron chi connectivity index (χ1n) is 9.95. The van der Waals surface area contributed by atoms with Crippen LogP contribution in [0, 0.1) is 0 Å². The van der Waals surface area contributed by atoms with Crippen molar-refractivity contribution in [2.75, 3.05) is 43.2 Å². The van der Waals surface area contributed by atoms with E-state index in [1.165, 1.54) is 5.69 Å². The van der Waals surface area contributed by atoms with Gasteiger partial charge >= 0.3 is 0 Å². The van der Waals surface area contributed by atoms with Gasteiger partial charge in [-0.25, -0.2) is 9.97 Å². The Kier molecular flexibility index (Phi) is 6.76. The maximum atomic E-state index is 11.9. The van der Waals surface area contributed by atoms with Gasteiger partial charge in [-0.3, -0.25) is 4.79 Å². The highest BCUT2D eigenvalue weighted by molar-refractivity contribution is 9.10. The second-order valence-corrected chi connectivity index (χ2v) is 7.80. The Morgan fingerprint density at radius 2 is 1.81 bits per heavy atom. The Morgan fingerprint density at radius 1 is 1.10 bits per heavy atom. The van der Waals surface area contributed by atoms with Crippen LogP contribution in [-0.4, -0.2) is 48.8 Å². The Morgan fingerprint density at radius 3 is 2.48 bits per heavy atom.